The topological polar surface area (TPSA) is 29.3 Å². The molecule has 2 N–H and O–H groups in total. The minimum Gasteiger partial charge on any atom is -0.328 e. The highest BCUT2D eigenvalue weighted by molar-refractivity contribution is 4.88. The van der Waals surface area contributed by atoms with Crippen LogP contribution in [0.1, 0.15) is 45.4 Å². The van der Waals surface area contributed by atoms with Crippen molar-refractivity contribution in [3.8, 4) is 0 Å². The van der Waals surface area contributed by atoms with Gasteiger partial charge in [-0.15, -0.1) is 0 Å². The average Bonchev–Trinajstić information content (AvgIpc) is 2.53. The van der Waals surface area contributed by atoms with Crippen molar-refractivity contribution in [2.24, 2.45) is 5.73 Å². The van der Waals surface area contributed by atoms with E-state index in [0.29, 0.717) is 6.04 Å². The van der Waals surface area contributed by atoms with E-state index in [0.717, 1.165) is 12.1 Å². The summed E-state index contributed by atoms with van der Waals surface area (Å²) in [6.07, 6.45) is 8.04. The summed E-state index contributed by atoms with van der Waals surface area (Å²) in [5, 5.41) is 0. The average molecular weight is 182 g/mol. The Morgan fingerprint density at radius 2 is 2.00 bits per heavy atom. The van der Waals surface area contributed by atoms with Crippen molar-refractivity contribution in [1.29, 1.82) is 0 Å². The second-order valence-electron chi connectivity index (χ2n) is 4.81. The van der Waals surface area contributed by atoms with Crippen molar-refractivity contribution < 1.29 is 0 Å². The largest absolute Gasteiger partial charge is 0.328 e. The van der Waals surface area contributed by atoms with E-state index in [1.807, 2.05) is 0 Å². The molecule has 2 fully saturated rings. The Morgan fingerprint density at radius 1 is 1.15 bits per heavy atom. The Kier molecular flexibility index (Phi) is 2.89. The minimum absolute atomic E-state index is 0.485. The van der Waals surface area contributed by atoms with Crippen molar-refractivity contribution in [2.75, 3.05) is 6.54 Å². The lowest BCUT2D eigenvalue weighted by Gasteiger charge is -2.38. The van der Waals surface area contributed by atoms with E-state index < -0.39 is 0 Å². The van der Waals surface area contributed by atoms with Gasteiger partial charge in [0.1, 0.15) is 0 Å². The van der Waals surface area contributed by atoms with Crippen LogP contribution in [0, 0.1) is 0 Å². The summed E-state index contributed by atoms with van der Waals surface area (Å²) in [5.74, 6) is 0. The first-order valence-corrected chi connectivity index (χ1v) is 5.78. The first kappa shape index (κ1) is 9.47. The summed E-state index contributed by atoms with van der Waals surface area (Å²) < 4.78 is 0. The quantitative estimate of drug-likeness (QED) is 0.669. The predicted molar refractivity (Wildman–Crippen MR) is 55.6 cm³/mol. The van der Waals surface area contributed by atoms with Crippen LogP contribution in [0.2, 0.25) is 0 Å². The molecular weight excluding hydrogens is 160 g/mol. The molecule has 1 heterocycles. The summed E-state index contributed by atoms with van der Waals surface area (Å²) in [6, 6.07) is 2.11. The molecule has 1 aliphatic carbocycles. The number of hydrogen-bond donors (Lipinski definition) is 1. The number of rotatable bonds is 1. The second-order valence-corrected chi connectivity index (χ2v) is 4.81. The van der Waals surface area contributed by atoms with Gasteiger partial charge in [0.25, 0.3) is 0 Å². The maximum absolute atomic E-state index is 5.95. The third-order valence-electron chi connectivity index (χ3n) is 3.77. The fourth-order valence-corrected chi connectivity index (χ4v) is 2.96. The molecule has 2 nitrogen and oxygen atoms in total. The maximum atomic E-state index is 5.95. The third-order valence-corrected chi connectivity index (χ3v) is 3.77. The molecule has 1 aliphatic heterocycles. The highest BCUT2D eigenvalue weighted by Crippen LogP contribution is 2.28. The molecule has 1 saturated heterocycles. The molecule has 2 aliphatic rings. The van der Waals surface area contributed by atoms with Gasteiger partial charge >= 0.3 is 0 Å². The normalized spacial score (nSPS) is 42.5. The molecule has 3 unspecified atom stereocenters. The van der Waals surface area contributed by atoms with E-state index in [-0.39, 0.29) is 0 Å². The van der Waals surface area contributed by atoms with Gasteiger partial charge in [0, 0.05) is 18.1 Å². The number of piperidine rings is 1. The lowest BCUT2D eigenvalue weighted by atomic mass is 10.0. The van der Waals surface area contributed by atoms with E-state index in [1.54, 1.807) is 0 Å². The zero-order chi connectivity index (χ0) is 9.26. The summed E-state index contributed by atoms with van der Waals surface area (Å²) in [7, 11) is 0. The van der Waals surface area contributed by atoms with Crippen LogP contribution in [0.25, 0.3) is 0 Å². The van der Waals surface area contributed by atoms with Crippen LogP contribution in [0.15, 0.2) is 0 Å². The van der Waals surface area contributed by atoms with E-state index in [2.05, 4.69) is 11.8 Å². The zero-order valence-corrected chi connectivity index (χ0v) is 8.71. The predicted octanol–water partition coefficient (Wildman–Crippen LogP) is 1.74. The standard InChI is InChI=1S/C11H22N2/c1-9-4-2-3-7-13(9)11-6-5-10(12)8-11/h9-11H,2-8,12H2,1H3. The smallest absolute Gasteiger partial charge is 0.0113 e. The van der Waals surface area contributed by atoms with Crippen LogP contribution in [-0.4, -0.2) is 29.6 Å². The van der Waals surface area contributed by atoms with E-state index in [4.69, 9.17) is 5.73 Å². The summed E-state index contributed by atoms with van der Waals surface area (Å²) in [4.78, 5) is 2.70. The highest BCUT2D eigenvalue weighted by atomic mass is 15.2. The van der Waals surface area contributed by atoms with Gasteiger partial charge in [-0.1, -0.05) is 6.42 Å². The monoisotopic (exact) mass is 182 g/mol. The number of nitrogens with zero attached hydrogens (tertiary/aromatic N) is 1. The first-order valence-electron chi connectivity index (χ1n) is 5.78. The number of likely N-dealkylation sites (tertiary alicyclic amines) is 1. The molecule has 0 radical (unpaired) electrons. The van der Waals surface area contributed by atoms with Gasteiger partial charge in [-0.05, 0) is 45.6 Å². The minimum atomic E-state index is 0.485. The van der Waals surface area contributed by atoms with Crippen molar-refractivity contribution in [2.45, 2.75) is 63.6 Å². The van der Waals surface area contributed by atoms with Crippen LogP contribution in [0.3, 0.4) is 0 Å². The van der Waals surface area contributed by atoms with Crippen LogP contribution < -0.4 is 5.73 Å². The van der Waals surface area contributed by atoms with Crippen LogP contribution >= 0.6 is 0 Å². The van der Waals surface area contributed by atoms with Gasteiger partial charge in [-0.2, -0.15) is 0 Å². The Hall–Kier alpha value is -0.0800. The maximum Gasteiger partial charge on any atom is 0.0113 e. The molecule has 13 heavy (non-hydrogen) atoms. The summed E-state index contributed by atoms with van der Waals surface area (Å²) in [6.45, 7) is 3.70. The van der Waals surface area contributed by atoms with E-state index in [9.17, 15) is 0 Å². The van der Waals surface area contributed by atoms with Gasteiger partial charge in [-0.3, -0.25) is 4.90 Å². The van der Waals surface area contributed by atoms with E-state index in [1.165, 1.54) is 45.1 Å². The molecule has 0 amide bonds. The van der Waals surface area contributed by atoms with Gasteiger partial charge in [0.05, 0.1) is 0 Å². The van der Waals surface area contributed by atoms with Crippen molar-refractivity contribution in [3.63, 3.8) is 0 Å². The molecule has 0 bridgehead atoms. The molecule has 0 aromatic heterocycles. The van der Waals surface area contributed by atoms with E-state index >= 15 is 0 Å². The van der Waals surface area contributed by atoms with Crippen LogP contribution in [-0.2, 0) is 0 Å². The Labute approximate surface area is 81.5 Å². The Balaban J connectivity index is 1.91. The van der Waals surface area contributed by atoms with Gasteiger partial charge < -0.3 is 5.73 Å². The lowest BCUT2D eigenvalue weighted by molar-refractivity contribution is 0.107. The molecule has 76 valence electrons. The third kappa shape index (κ3) is 2.05. The molecule has 1 saturated carbocycles. The fourth-order valence-electron chi connectivity index (χ4n) is 2.96. The molecule has 0 aromatic rings. The van der Waals surface area contributed by atoms with Gasteiger partial charge in [0.2, 0.25) is 0 Å². The second kappa shape index (κ2) is 3.97. The number of hydrogen-bond acceptors (Lipinski definition) is 2. The molecular formula is C11H22N2. The number of nitrogens with two attached hydrogens (primary N) is 1. The lowest BCUT2D eigenvalue weighted by Crippen LogP contribution is -2.44. The molecule has 0 aromatic carbocycles. The van der Waals surface area contributed by atoms with Crippen molar-refractivity contribution in [3.05, 3.63) is 0 Å². The van der Waals surface area contributed by atoms with Crippen molar-refractivity contribution >= 4 is 0 Å². The molecule has 2 heteroatoms. The Bertz CT molecular complexity index is 169. The zero-order valence-electron chi connectivity index (χ0n) is 8.71. The fraction of sp³-hybridized carbons (Fsp3) is 1.00. The molecule has 0 spiro atoms. The first-order chi connectivity index (χ1) is 6.27. The van der Waals surface area contributed by atoms with Crippen molar-refractivity contribution in [1.82, 2.24) is 4.90 Å². The Morgan fingerprint density at radius 3 is 2.62 bits per heavy atom. The molecule has 2 rings (SSSR count). The van der Waals surface area contributed by atoms with Gasteiger partial charge in [0.15, 0.2) is 0 Å². The van der Waals surface area contributed by atoms with Crippen LogP contribution in [0.5, 0.6) is 0 Å². The van der Waals surface area contributed by atoms with Gasteiger partial charge in [-0.25, -0.2) is 0 Å². The molecule has 3 atom stereocenters. The van der Waals surface area contributed by atoms with Crippen LogP contribution in [0.4, 0.5) is 0 Å². The highest BCUT2D eigenvalue weighted by Gasteiger charge is 2.30. The summed E-state index contributed by atoms with van der Waals surface area (Å²) in [5.41, 5.74) is 5.95. The summed E-state index contributed by atoms with van der Waals surface area (Å²) >= 11 is 0. The SMILES string of the molecule is CC1CCCCN1C1CCC(N)C1.